The van der Waals surface area contributed by atoms with E-state index in [4.69, 9.17) is 5.73 Å². The Kier molecular flexibility index (Phi) is 3.19. The molecule has 0 radical (unpaired) electrons. The van der Waals surface area contributed by atoms with E-state index >= 15 is 0 Å². The maximum Gasteiger partial charge on any atom is 0.224 e. The molecule has 1 aromatic rings. The van der Waals surface area contributed by atoms with Gasteiger partial charge < -0.3 is 10.6 Å². The maximum atomic E-state index is 12.0. The lowest BCUT2D eigenvalue weighted by atomic mass is 10.1. The topological polar surface area (TPSA) is 64.2 Å². The van der Waals surface area contributed by atoms with E-state index in [-0.39, 0.29) is 18.0 Å². The van der Waals surface area contributed by atoms with Crippen molar-refractivity contribution in [3.63, 3.8) is 0 Å². The van der Waals surface area contributed by atoms with Crippen LogP contribution in [0.25, 0.3) is 0 Å². The molecule has 2 unspecified atom stereocenters. The Morgan fingerprint density at radius 1 is 1.59 bits per heavy atom. The van der Waals surface area contributed by atoms with Crippen molar-refractivity contribution in [2.45, 2.75) is 32.4 Å². The molecular weight excluding hydrogens is 216 g/mol. The molecule has 2 heterocycles. The molecule has 2 N–H and O–H groups in total. The van der Waals surface area contributed by atoms with Gasteiger partial charge >= 0.3 is 0 Å². The van der Waals surface area contributed by atoms with Crippen LogP contribution in [0.15, 0.2) is 12.3 Å². The summed E-state index contributed by atoms with van der Waals surface area (Å²) in [6.07, 6.45) is 2.18. The fourth-order valence-electron chi connectivity index (χ4n) is 2.48. The lowest BCUT2D eigenvalue weighted by Gasteiger charge is -2.28. The molecule has 0 aromatic carbocycles. The zero-order chi connectivity index (χ0) is 12.6. The van der Waals surface area contributed by atoms with E-state index in [1.54, 1.807) is 10.9 Å². The van der Waals surface area contributed by atoms with Crippen LogP contribution in [-0.2, 0) is 11.8 Å². The molecule has 1 aliphatic heterocycles. The van der Waals surface area contributed by atoms with Gasteiger partial charge in [-0.1, -0.05) is 13.8 Å². The molecule has 1 amide bonds. The molecule has 17 heavy (non-hydrogen) atoms. The molecule has 1 aromatic heterocycles. The van der Waals surface area contributed by atoms with E-state index in [1.807, 2.05) is 18.0 Å². The number of carbonyl (C=O) groups excluding carboxylic acids is 1. The Morgan fingerprint density at radius 2 is 2.29 bits per heavy atom. The summed E-state index contributed by atoms with van der Waals surface area (Å²) >= 11 is 0. The van der Waals surface area contributed by atoms with Gasteiger partial charge in [0, 0.05) is 32.3 Å². The average molecular weight is 236 g/mol. The monoisotopic (exact) mass is 236 g/mol. The number of amides is 1. The van der Waals surface area contributed by atoms with E-state index in [9.17, 15) is 4.79 Å². The van der Waals surface area contributed by atoms with Crippen molar-refractivity contribution >= 4 is 5.91 Å². The molecule has 5 heteroatoms. The van der Waals surface area contributed by atoms with Crippen molar-refractivity contribution in [1.82, 2.24) is 14.7 Å². The first-order valence-corrected chi connectivity index (χ1v) is 6.03. The Balaban J connectivity index is 2.29. The van der Waals surface area contributed by atoms with Crippen LogP contribution in [0, 0.1) is 5.92 Å². The van der Waals surface area contributed by atoms with Crippen molar-refractivity contribution in [2.24, 2.45) is 18.7 Å². The number of aryl methyl sites for hydroxylation is 1. The second kappa shape index (κ2) is 4.49. The summed E-state index contributed by atoms with van der Waals surface area (Å²) in [6.45, 7) is 4.97. The Bertz CT molecular complexity index is 412. The standard InChI is InChI=1S/C12H20N4O/c1-8(2)7-16-11(17)6-9(13)12(16)10-4-5-14-15(10)3/h4-5,8-9,12H,6-7,13H2,1-3H3. The van der Waals surface area contributed by atoms with E-state index in [2.05, 4.69) is 18.9 Å². The highest BCUT2D eigenvalue weighted by molar-refractivity contribution is 5.80. The van der Waals surface area contributed by atoms with Crippen LogP contribution in [0.2, 0.25) is 0 Å². The molecule has 0 spiro atoms. The number of nitrogens with zero attached hydrogens (tertiary/aromatic N) is 3. The van der Waals surface area contributed by atoms with Crippen molar-refractivity contribution in [3.8, 4) is 0 Å². The number of hydrogen-bond acceptors (Lipinski definition) is 3. The first kappa shape index (κ1) is 12.1. The number of carbonyl (C=O) groups is 1. The Hall–Kier alpha value is -1.36. The number of aromatic nitrogens is 2. The van der Waals surface area contributed by atoms with E-state index in [0.717, 1.165) is 12.2 Å². The second-order valence-corrected chi connectivity index (χ2v) is 5.13. The van der Waals surface area contributed by atoms with E-state index in [1.165, 1.54) is 0 Å². The number of rotatable bonds is 3. The first-order chi connectivity index (χ1) is 8.00. The fourth-order valence-corrected chi connectivity index (χ4v) is 2.48. The van der Waals surface area contributed by atoms with Gasteiger partial charge in [-0.25, -0.2) is 0 Å². The highest BCUT2D eigenvalue weighted by Gasteiger charge is 2.39. The molecule has 2 atom stereocenters. The van der Waals surface area contributed by atoms with Gasteiger partial charge in [-0.2, -0.15) is 5.10 Å². The van der Waals surface area contributed by atoms with Gasteiger partial charge in [0.15, 0.2) is 0 Å². The first-order valence-electron chi connectivity index (χ1n) is 6.03. The summed E-state index contributed by atoms with van der Waals surface area (Å²) in [5, 5.41) is 4.16. The highest BCUT2D eigenvalue weighted by Crippen LogP contribution is 2.32. The molecule has 5 nitrogen and oxygen atoms in total. The largest absolute Gasteiger partial charge is 0.332 e. The van der Waals surface area contributed by atoms with Crippen LogP contribution in [-0.4, -0.2) is 33.2 Å². The molecule has 1 fully saturated rings. The average Bonchev–Trinajstić information content (AvgIpc) is 2.72. The number of likely N-dealkylation sites (tertiary alicyclic amines) is 1. The molecule has 0 aliphatic carbocycles. The third-order valence-electron chi connectivity index (χ3n) is 3.20. The van der Waals surface area contributed by atoms with Gasteiger partial charge in [0.2, 0.25) is 5.91 Å². The highest BCUT2D eigenvalue weighted by atomic mass is 16.2. The molecule has 1 aliphatic rings. The smallest absolute Gasteiger partial charge is 0.224 e. The third-order valence-corrected chi connectivity index (χ3v) is 3.20. The summed E-state index contributed by atoms with van der Waals surface area (Å²) in [5.41, 5.74) is 7.11. The van der Waals surface area contributed by atoms with E-state index in [0.29, 0.717) is 12.3 Å². The predicted octanol–water partition coefficient (Wildman–Crippen LogP) is 0.677. The third kappa shape index (κ3) is 2.20. The second-order valence-electron chi connectivity index (χ2n) is 5.13. The molecule has 0 saturated carbocycles. The van der Waals surface area contributed by atoms with Crippen LogP contribution in [0.1, 0.15) is 32.0 Å². The van der Waals surface area contributed by atoms with Gasteiger partial charge in [0.1, 0.15) is 0 Å². The minimum atomic E-state index is -0.128. The summed E-state index contributed by atoms with van der Waals surface area (Å²) < 4.78 is 1.80. The summed E-state index contributed by atoms with van der Waals surface area (Å²) in [6, 6.07) is 1.78. The number of nitrogens with two attached hydrogens (primary N) is 1. The summed E-state index contributed by atoms with van der Waals surface area (Å²) in [4.78, 5) is 13.8. The fraction of sp³-hybridized carbons (Fsp3) is 0.667. The van der Waals surface area contributed by atoms with Crippen LogP contribution in [0.5, 0.6) is 0 Å². The van der Waals surface area contributed by atoms with Crippen LogP contribution in [0.3, 0.4) is 0 Å². The molecule has 1 saturated heterocycles. The van der Waals surface area contributed by atoms with Crippen LogP contribution in [0.4, 0.5) is 0 Å². The van der Waals surface area contributed by atoms with Crippen LogP contribution >= 0.6 is 0 Å². The van der Waals surface area contributed by atoms with Gasteiger partial charge in [0.05, 0.1) is 11.7 Å². The zero-order valence-electron chi connectivity index (χ0n) is 10.6. The Morgan fingerprint density at radius 3 is 2.82 bits per heavy atom. The van der Waals surface area contributed by atoms with Crippen molar-refractivity contribution < 1.29 is 4.79 Å². The van der Waals surface area contributed by atoms with Crippen molar-refractivity contribution in [3.05, 3.63) is 18.0 Å². The molecule has 0 bridgehead atoms. The minimum Gasteiger partial charge on any atom is -0.332 e. The van der Waals surface area contributed by atoms with Gasteiger partial charge in [-0.15, -0.1) is 0 Å². The maximum absolute atomic E-state index is 12.0. The summed E-state index contributed by atoms with van der Waals surface area (Å²) in [7, 11) is 1.89. The molecular formula is C12H20N4O. The predicted molar refractivity (Wildman–Crippen MR) is 65.1 cm³/mol. The SMILES string of the molecule is CC(C)CN1C(=O)CC(N)C1c1ccnn1C. The molecule has 2 rings (SSSR count). The normalized spacial score (nSPS) is 25.0. The van der Waals surface area contributed by atoms with Gasteiger partial charge in [-0.05, 0) is 12.0 Å². The summed E-state index contributed by atoms with van der Waals surface area (Å²) in [5.74, 6) is 0.595. The Labute approximate surface area is 102 Å². The van der Waals surface area contributed by atoms with Crippen molar-refractivity contribution in [2.75, 3.05) is 6.54 Å². The van der Waals surface area contributed by atoms with Gasteiger partial charge in [-0.3, -0.25) is 9.48 Å². The lowest BCUT2D eigenvalue weighted by molar-refractivity contribution is -0.129. The number of hydrogen-bond donors (Lipinski definition) is 1. The van der Waals surface area contributed by atoms with Gasteiger partial charge in [0.25, 0.3) is 0 Å². The minimum absolute atomic E-state index is 0.0302. The van der Waals surface area contributed by atoms with Crippen molar-refractivity contribution in [1.29, 1.82) is 0 Å². The quantitative estimate of drug-likeness (QED) is 0.839. The molecule has 94 valence electrons. The lowest BCUT2D eigenvalue weighted by Crippen LogP contribution is -2.36. The van der Waals surface area contributed by atoms with E-state index < -0.39 is 0 Å². The zero-order valence-corrected chi connectivity index (χ0v) is 10.6. The van der Waals surface area contributed by atoms with Crippen LogP contribution < -0.4 is 5.73 Å².